The molecule has 0 saturated heterocycles. The Morgan fingerprint density at radius 1 is 1.00 bits per heavy atom. The maximum Gasteiger partial charge on any atom is 0.303 e. The van der Waals surface area contributed by atoms with Crippen LogP contribution in [0, 0.1) is 0 Å². The molecule has 1 aromatic heterocycles. The lowest BCUT2D eigenvalue weighted by Crippen LogP contribution is -2.15. The standard InChI is InChI=1S/C25H27NO3/c27-25(28)14-8-7-13-22-15-20-16-23(29-18-19-9-3-1-4-10-19)17-24(20)26(22)21-11-5-2-6-12-21/h1-6,9-12,15,23H,7-8,13-14,16-18H2,(H,27,28). The van der Waals surface area contributed by atoms with Gasteiger partial charge in [-0.3, -0.25) is 4.79 Å². The number of carboxylic acid groups (broad SMARTS) is 1. The molecule has 1 atom stereocenters. The number of benzene rings is 2. The van der Waals surface area contributed by atoms with Gasteiger partial charge >= 0.3 is 5.97 Å². The molecule has 4 nitrogen and oxygen atoms in total. The number of carboxylic acids is 1. The van der Waals surface area contributed by atoms with Gasteiger partial charge in [0.1, 0.15) is 0 Å². The van der Waals surface area contributed by atoms with Crippen molar-refractivity contribution < 1.29 is 14.6 Å². The molecule has 0 bridgehead atoms. The molecule has 4 heteroatoms. The minimum Gasteiger partial charge on any atom is -0.481 e. The zero-order valence-corrected chi connectivity index (χ0v) is 16.6. The van der Waals surface area contributed by atoms with Crippen molar-refractivity contribution in [2.75, 3.05) is 0 Å². The summed E-state index contributed by atoms with van der Waals surface area (Å²) in [7, 11) is 0. The average molecular weight is 389 g/mol. The molecule has 1 aliphatic rings. The quantitative estimate of drug-likeness (QED) is 0.526. The highest BCUT2D eigenvalue weighted by Crippen LogP contribution is 2.32. The van der Waals surface area contributed by atoms with Crippen LogP contribution >= 0.6 is 0 Å². The first-order valence-corrected chi connectivity index (χ1v) is 10.4. The highest BCUT2D eigenvalue weighted by molar-refractivity contribution is 5.66. The van der Waals surface area contributed by atoms with Crippen molar-refractivity contribution >= 4 is 5.97 Å². The van der Waals surface area contributed by atoms with E-state index in [1.54, 1.807) is 0 Å². The summed E-state index contributed by atoms with van der Waals surface area (Å²) in [4.78, 5) is 10.8. The molecule has 1 N–H and O–H groups in total. The third kappa shape index (κ3) is 4.77. The van der Waals surface area contributed by atoms with Gasteiger partial charge in [0.15, 0.2) is 0 Å². The summed E-state index contributed by atoms with van der Waals surface area (Å²) in [6, 6.07) is 23.0. The maximum absolute atomic E-state index is 10.8. The molecule has 0 radical (unpaired) electrons. The molecule has 0 saturated carbocycles. The second-order valence-electron chi connectivity index (χ2n) is 7.71. The van der Waals surface area contributed by atoms with E-state index in [1.165, 1.54) is 28.2 Å². The van der Waals surface area contributed by atoms with Gasteiger partial charge in [-0.25, -0.2) is 0 Å². The van der Waals surface area contributed by atoms with Gasteiger partial charge < -0.3 is 14.4 Å². The number of rotatable bonds is 9. The minimum atomic E-state index is -0.718. The number of carbonyl (C=O) groups is 1. The van der Waals surface area contributed by atoms with E-state index in [9.17, 15) is 4.79 Å². The molecule has 0 spiro atoms. The highest BCUT2D eigenvalue weighted by Gasteiger charge is 2.28. The monoisotopic (exact) mass is 389 g/mol. The Morgan fingerprint density at radius 2 is 1.72 bits per heavy atom. The van der Waals surface area contributed by atoms with Crippen LogP contribution in [0.5, 0.6) is 0 Å². The van der Waals surface area contributed by atoms with Gasteiger partial charge in [0, 0.05) is 36.3 Å². The summed E-state index contributed by atoms with van der Waals surface area (Å²) >= 11 is 0. The van der Waals surface area contributed by atoms with E-state index >= 15 is 0 Å². The predicted octanol–water partition coefficient (Wildman–Crippen LogP) is 4.96. The molecule has 29 heavy (non-hydrogen) atoms. The van der Waals surface area contributed by atoms with Crippen molar-refractivity contribution in [2.45, 2.75) is 51.2 Å². The fraction of sp³-hybridized carbons (Fsp3) is 0.320. The van der Waals surface area contributed by atoms with Crippen molar-refractivity contribution in [1.82, 2.24) is 4.57 Å². The number of nitrogens with zero attached hydrogens (tertiary/aromatic N) is 1. The first kappa shape index (κ1) is 19.5. The van der Waals surface area contributed by atoms with Crippen LogP contribution < -0.4 is 0 Å². The van der Waals surface area contributed by atoms with Crippen LogP contribution in [0.3, 0.4) is 0 Å². The number of para-hydroxylation sites is 1. The molecule has 0 fully saturated rings. The Kier molecular flexibility index (Phi) is 6.11. The Labute approximate surface area is 171 Å². The Balaban J connectivity index is 1.48. The second-order valence-corrected chi connectivity index (χ2v) is 7.71. The fourth-order valence-corrected chi connectivity index (χ4v) is 4.17. The molecular formula is C25H27NO3. The molecule has 1 aliphatic carbocycles. The van der Waals surface area contributed by atoms with Gasteiger partial charge in [0.05, 0.1) is 12.7 Å². The van der Waals surface area contributed by atoms with Crippen molar-refractivity contribution in [3.05, 3.63) is 89.2 Å². The summed E-state index contributed by atoms with van der Waals surface area (Å²) in [5, 5.41) is 8.88. The summed E-state index contributed by atoms with van der Waals surface area (Å²) in [5.74, 6) is -0.718. The van der Waals surface area contributed by atoms with Crippen LogP contribution in [0.15, 0.2) is 66.7 Å². The van der Waals surface area contributed by atoms with Crippen LogP contribution in [0.1, 0.15) is 41.8 Å². The maximum atomic E-state index is 10.8. The van der Waals surface area contributed by atoms with Crippen LogP contribution in [0.4, 0.5) is 0 Å². The van der Waals surface area contributed by atoms with Gasteiger partial charge in [0.2, 0.25) is 0 Å². The average Bonchev–Trinajstić information content (AvgIpc) is 3.28. The second kappa shape index (κ2) is 9.10. The van der Waals surface area contributed by atoms with Gasteiger partial charge in [-0.15, -0.1) is 0 Å². The van der Waals surface area contributed by atoms with Crippen LogP contribution in [0.2, 0.25) is 0 Å². The van der Waals surface area contributed by atoms with Crippen LogP contribution in [0.25, 0.3) is 5.69 Å². The Bertz CT molecular complexity index is 947. The number of hydrogen-bond donors (Lipinski definition) is 1. The lowest BCUT2D eigenvalue weighted by molar-refractivity contribution is -0.137. The number of aliphatic carboxylic acids is 1. The van der Waals surface area contributed by atoms with E-state index in [0.29, 0.717) is 13.0 Å². The predicted molar refractivity (Wildman–Crippen MR) is 113 cm³/mol. The lowest BCUT2D eigenvalue weighted by Gasteiger charge is -2.16. The number of fused-ring (bicyclic) bond motifs is 1. The zero-order chi connectivity index (χ0) is 20.1. The normalized spacial score (nSPS) is 15.4. The Morgan fingerprint density at radius 3 is 2.45 bits per heavy atom. The van der Waals surface area contributed by atoms with Crippen LogP contribution in [-0.4, -0.2) is 21.7 Å². The summed E-state index contributed by atoms with van der Waals surface area (Å²) in [5.41, 5.74) is 6.34. The van der Waals surface area contributed by atoms with Gasteiger partial charge in [0.25, 0.3) is 0 Å². The topological polar surface area (TPSA) is 51.5 Å². The third-order valence-electron chi connectivity index (χ3n) is 5.55. The van der Waals surface area contributed by atoms with Crippen molar-refractivity contribution in [3.8, 4) is 5.69 Å². The number of hydrogen-bond acceptors (Lipinski definition) is 2. The van der Waals surface area contributed by atoms with E-state index in [-0.39, 0.29) is 12.5 Å². The number of aryl methyl sites for hydroxylation is 1. The Hall–Kier alpha value is -2.85. The first-order chi connectivity index (χ1) is 14.2. The highest BCUT2D eigenvalue weighted by atomic mass is 16.5. The zero-order valence-electron chi connectivity index (χ0n) is 16.6. The van der Waals surface area contributed by atoms with Crippen molar-refractivity contribution in [3.63, 3.8) is 0 Å². The molecule has 4 rings (SSSR count). The van der Waals surface area contributed by atoms with Crippen LogP contribution in [-0.2, 0) is 35.4 Å². The summed E-state index contributed by atoms with van der Waals surface area (Å²) in [6.45, 7) is 0.642. The summed E-state index contributed by atoms with van der Waals surface area (Å²) in [6.07, 6.45) is 4.78. The fourth-order valence-electron chi connectivity index (χ4n) is 4.17. The number of unbranched alkanes of at least 4 members (excludes halogenated alkanes) is 1. The van der Waals surface area contributed by atoms with Crippen molar-refractivity contribution in [1.29, 1.82) is 0 Å². The van der Waals surface area contributed by atoms with E-state index in [1.807, 2.05) is 24.3 Å². The molecule has 1 unspecified atom stereocenters. The first-order valence-electron chi connectivity index (χ1n) is 10.4. The van der Waals surface area contributed by atoms with E-state index < -0.39 is 5.97 Å². The SMILES string of the molecule is O=C(O)CCCCc1cc2c(n1-c1ccccc1)CC(OCc1ccccc1)C2. The molecule has 1 heterocycles. The molecule has 150 valence electrons. The van der Waals surface area contributed by atoms with Gasteiger partial charge in [-0.1, -0.05) is 48.5 Å². The third-order valence-corrected chi connectivity index (χ3v) is 5.55. The van der Waals surface area contributed by atoms with E-state index in [4.69, 9.17) is 9.84 Å². The molecular weight excluding hydrogens is 362 g/mol. The largest absolute Gasteiger partial charge is 0.481 e. The number of aromatic nitrogens is 1. The molecule has 0 amide bonds. The lowest BCUT2D eigenvalue weighted by atomic mass is 10.1. The minimum absolute atomic E-state index is 0.205. The van der Waals surface area contributed by atoms with Gasteiger partial charge in [-0.05, 0) is 48.6 Å². The smallest absolute Gasteiger partial charge is 0.303 e. The molecule has 3 aromatic rings. The number of ether oxygens (including phenoxy) is 1. The van der Waals surface area contributed by atoms with E-state index in [2.05, 4.69) is 47.0 Å². The van der Waals surface area contributed by atoms with E-state index in [0.717, 1.165) is 25.7 Å². The molecule has 2 aromatic carbocycles. The van der Waals surface area contributed by atoms with Crippen molar-refractivity contribution in [2.24, 2.45) is 0 Å². The summed E-state index contributed by atoms with van der Waals surface area (Å²) < 4.78 is 8.57. The van der Waals surface area contributed by atoms with Gasteiger partial charge in [-0.2, -0.15) is 0 Å². The molecule has 0 aliphatic heterocycles.